The standard InChI is InChI=1S/C27H29N5O2S2/c1-18(2)17-32-26(34)22(36-27(32)35)16-21-24(28-23-19(3)8-7-11-31(23)25(21)33)30-14-12-29(13-15-30)20-9-5-4-6-10-20/h4-11,16,18H,12-15,17H2,1-3H3/b22-16-. The van der Waals surface area contributed by atoms with E-state index in [0.29, 0.717) is 38.7 Å². The lowest BCUT2D eigenvalue weighted by atomic mass is 10.2. The van der Waals surface area contributed by atoms with Gasteiger partial charge in [0.25, 0.3) is 11.5 Å². The van der Waals surface area contributed by atoms with Crippen LogP contribution in [0.25, 0.3) is 11.7 Å². The average molecular weight is 520 g/mol. The molecule has 0 N–H and O–H groups in total. The molecule has 7 nitrogen and oxygen atoms in total. The largest absolute Gasteiger partial charge is 0.368 e. The number of para-hydroxylation sites is 1. The van der Waals surface area contributed by atoms with Gasteiger partial charge in [0.15, 0.2) is 0 Å². The van der Waals surface area contributed by atoms with Gasteiger partial charge in [0.05, 0.1) is 10.5 Å². The van der Waals surface area contributed by atoms with Gasteiger partial charge in [0, 0.05) is 44.6 Å². The first kappa shape index (κ1) is 24.5. The van der Waals surface area contributed by atoms with E-state index in [1.165, 1.54) is 17.4 Å². The molecule has 0 unspecified atom stereocenters. The van der Waals surface area contributed by atoms with E-state index in [4.69, 9.17) is 17.2 Å². The van der Waals surface area contributed by atoms with Crippen LogP contribution in [-0.2, 0) is 4.79 Å². The zero-order valence-corrected chi connectivity index (χ0v) is 22.3. The molecule has 0 bridgehead atoms. The number of thiocarbonyl (C=S) groups is 1. The number of nitrogens with zero attached hydrogens (tertiary/aromatic N) is 5. The third-order valence-corrected chi connectivity index (χ3v) is 7.84. The third kappa shape index (κ3) is 4.65. The Balaban J connectivity index is 1.54. The number of amides is 1. The molecule has 186 valence electrons. The normalized spacial score (nSPS) is 17.8. The fourth-order valence-corrected chi connectivity index (χ4v) is 5.89. The Morgan fingerprint density at radius 2 is 1.72 bits per heavy atom. The molecule has 9 heteroatoms. The van der Waals surface area contributed by atoms with E-state index in [9.17, 15) is 9.59 Å². The lowest BCUT2D eigenvalue weighted by Gasteiger charge is -2.37. The highest BCUT2D eigenvalue weighted by atomic mass is 32.2. The summed E-state index contributed by atoms with van der Waals surface area (Å²) in [5.74, 6) is 0.766. The molecule has 0 saturated carbocycles. The number of carbonyl (C=O) groups excluding carboxylic acids is 1. The second-order valence-corrected chi connectivity index (χ2v) is 11.2. The van der Waals surface area contributed by atoms with Crippen LogP contribution >= 0.6 is 24.0 Å². The van der Waals surface area contributed by atoms with Crippen molar-refractivity contribution in [2.75, 3.05) is 42.5 Å². The summed E-state index contributed by atoms with van der Waals surface area (Å²) in [6.07, 6.45) is 3.43. The molecule has 2 saturated heterocycles. The fraction of sp³-hybridized carbons (Fsp3) is 0.333. The topological polar surface area (TPSA) is 61.2 Å². The van der Waals surface area contributed by atoms with Crippen molar-refractivity contribution < 1.29 is 4.79 Å². The molecule has 2 aliphatic heterocycles. The first-order valence-corrected chi connectivity index (χ1v) is 13.4. The smallest absolute Gasteiger partial charge is 0.267 e. The summed E-state index contributed by atoms with van der Waals surface area (Å²) < 4.78 is 2.10. The minimum absolute atomic E-state index is 0.146. The highest BCUT2D eigenvalue weighted by molar-refractivity contribution is 8.26. The van der Waals surface area contributed by atoms with E-state index in [1.807, 2.05) is 37.3 Å². The minimum atomic E-state index is -0.182. The van der Waals surface area contributed by atoms with Crippen LogP contribution in [-0.4, -0.2) is 57.2 Å². The summed E-state index contributed by atoms with van der Waals surface area (Å²) in [5.41, 5.74) is 2.99. The molecule has 2 aliphatic rings. The van der Waals surface area contributed by atoms with Crippen molar-refractivity contribution >= 4 is 57.4 Å². The van der Waals surface area contributed by atoms with E-state index in [0.717, 1.165) is 31.7 Å². The lowest BCUT2D eigenvalue weighted by molar-refractivity contribution is -0.122. The number of fused-ring (bicyclic) bond motifs is 1. The highest BCUT2D eigenvalue weighted by Crippen LogP contribution is 2.34. The monoisotopic (exact) mass is 519 g/mol. The Labute approximate surface area is 220 Å². The van der Waals surface area contributed by atoms with E-state index >= 15 is 0 Å². The van der Waals surface area contributed by atoms with Crippen molar-refractivity contribution in [1.82, 2.24) is 14.3 Å². The summed E-state index contributed by atoms with van der Waals surface area (Å²) >= 11 is 6.74. The van der Waals surface area contributed by atoms with Gasteiger partial charge in [-0.15, -0.1) is 0 Å². The van der Waals surface area contributed by atoms with Gasteiger partial charge in [0.2, 0.25) is 0 Å². The van der Waals surface area contributed by atoms with Crippen molar-refractivity contribution in [2.45, 2.75) is 20.8 Å². The molecule has 2 fully saturated rings. The number of rotatable bonds is 5. The Bertz CT molecular complexity index is 1410. The Morgan fingerprint density at radius 3 is 2.42 bits per heavy atom. The fourth-order valence-electron chi connectivity index (χ4n) is 4.64. The van der Waals surface area contributed by atoms with Crippen LogP contribution < -0.4 is 15.4 Å². The van der Waals surface area contributed by atoms with E-state index < -0.39 is 0 Å². The van der Waals surface area contributed by atoms with Crippen molar-refractivity contribution in [1.29, 1.82) is 0 Å². The highest BCUT2D eigenvalue weighted by Gasteiger charge is 2.33. The molecule has 5 rings (SSSR count). The maximum atomic E-state index is 13.7. The number of pyridine rings is 1. The number of piperazine rings is 1. The zero-order chi connectivity index (χ0) is 25.4. The van der Waals surface area contributed by atoms with Crippen LogP contribution in [0.4, 0.5) is 11.5 Å². The van der Waals surface area contributed by atoms with Crippen LogP contribution in [0.3, 0.4) is 0 Å². The molecule has 0 atom stereocenters. The van der Waals surface area contributed by atoms with Crippen molar-refractivity contribution in [3.8, 4) is 0 Å². The van der Waals surface area contributed by atoms with Gasteiger partial charge in [-0.25, -0.2) is 4.98 Å². The quantitative estimate of drug-likeness (QED) is 0.370. The molecule has 0 radical (unpaired) electrons. The van der Waals surface area contributed by atoms with Gasteiger partial charge >= 0.3 is 0 Å². The Hall–Kier alpha value is -3.17. The van der Waals surface area contributed by atoms with Crippen molar-refractivity contribution in [2.24, 2.45) is 5.92 Å². The predicted molar refractivity (Wildman–Crippen MR) is 152 cm³/mol. The molecule has 1 amide bonds. The first-order chi connectivity index (χ1) is 17.3. The minimum Gasteiger partial charge on any atom is -0.368 e. The average Bonchev–Trinajstić information content (AvgIpc) is 3.13. The molecule has 3 aromatic rings. The number of hydrogen-bond acceptors (Lipinski definition) is 7. The number of thioether (sulfide) groups is 1. The van der Waals surface area contributed by atoms with Crippen LogP contribution in [0.15, 0.2) is 58.4 Å². The molecule has 4 heterocycles. The summed E-state index contributed by atoms with van der Waals surface area (Å²) in [6.45, 7) is 9.69. The van der Waals surface area contributed by atoms with Gasteiger partial charge in [-0.05, 0) is 42.7 Å². The van der Waals surface area contributed by atoms with Crippen LogP contribution in [0.5, 0.6) is 0 Å². The second-order valence-electron chi connectivity index (χ2n) is 9.53. The van der Waals surface area contributed by atoms with Crippen LogP contribution in [0.1, 0.15) is 25.0 Å². The Kier molecular flexibility index (Phi) is 6.85. The molecule has 1 aromatic carbocycles. The number of aryl methyl sites for hydroxylation is 1. The van der Waals surface area contributed by atoms with Crippen molar-refractivity contribution in [3.63, 3.8) is 0 Å². The maximum Gasteiger partial charge on any atom is 0.267 e. The lowest BCUT2D eigenvalue weighted by Crippen LogP contribution is -2.47. The summed E-state index contributed by atoms with van der Waals surface area (Å²) in [5, 5.41) is 0. The maximum absolute atomic E-state index is 13.7. The molecule has 0 aliphatic carbocycles. The number of anilines is 2. The van der Waals surface area contributed by atoms with Crippen molar-refractivity contribution in [3.05, 3.63) is 75.0 Å². The first-order valence-electron chi connectivity index (χ1n) is 12.2. The molecule has 36 heavy (non-hydrogen) atoms. The zero-order valence-electron chi connectivity index (χ0n) is 20.7. The van der Waals surface area contributed by atoms with Gasteiger partial charge < -0.3 is 9.80 Å². The summed E-state index contributed by atoms with van der Waals surface area (Å²) in [6, 6.07) is 14.1. The van der Waals surface area contributed by atoms with Gasteiger partial charge in [0.1, 0.15) is 15.8 Å². The van der Waals surface area contributed by atoms with Crippen LogP contribution in [0.2, 0.25) is 0 Å². The van der Waals surface area contributed by atoms with E-state index in [1.54, 1.807) is 21.6 Å². The number of hydrogen-bond donors (Lipinski definition) is 0. The Morgan fingerprint density at radius 1 is 1.03 bits per heavy atom. The molecular formula is C27H29N5O2S2. The number of aromatic nitrogens is 2. The second kappa shape index (κ2) is 10.1. The van der Waals surface area contributed by atoms with Gasteiger partial charge in [-0.3, -0.25) is 18.9 Å². The summed E-state index contributed by atoms with van der Waals surface area (Å²) in [4.78, 5) is 38.5. The van der Waals surface area contributed by atoms with E-state index in [-0.39, 0.29) is 11.5 Å². The molecule has 0 spiro atoms. The van der Waals surface area contributed by atoms with Gasteiger partial charge in [-0.1, -0.05) is 62.1 Å². The molecular weight excluding hydrogens is 490 g/mol. The van der Waals surface area contributed by atoms with E-state index in [2.05, 4.69) is 35.8 Å². The van der Waals surface area contributed by atoms with Crippen LogP contribution in [0, 0.1) is 12.8 Å². The SMILES string of the molecule is Cc1cccn2c(=O)c(/C=C3\SC(=S)N(CC(C)C)C3=O)c(N3CCN(c4ccccc4)CC3)nc12. The molecule has 2 aromatic heterocycles. The number of benzene rings is 1. The third-order valence-electron chi connectivity index (χ3n) is 6.46. The number of carbonyl (C=O) groups is 1. The summed E-state index contributed by atoms with van der Waals surface area (Å²) in [7, 11) is 0. The predicted octanol–water partition coefficient (Wildman–Crippen LogP) is 4.19. The van der Waals surface area contributed by atoms with Gasteiger partial charge in [-0.2, -0.15) is 0 Å².